The highest BCUT2D eigenvalue weighted by Gasteiger charge is 2.21. The third-order valence-corrected chi connectivity index (χ3v) is 4.57. The van der Waals surface area contributed by atoms with Crippen LogP contribution in [0.3, 0.4) is 0 Å². The SMILES string of the molecule is CCC(=O)/C1=C/C(C2/C=C\CCCCC2)NCCCC1. The molecule has 0 radical (unpaired) electrons. The summed E-state index contributed by atoms with van der Waals surface area (Å²) in [7, 11) is 0. The predicted octanol–water partition coefficient (Wildman–Crippen LogP) is 4.17. The molecule has 0 bridgehead atoms. The van der Waals surface area contributed by atoms with Gasteiger partial charge in [-0.05, 0) is 56.6 Å². The Hall–Kier alpha value is -0.890. The fourth-order valence-corrected chi connectivity index (χ4v) is 3.29. The van der Waals surface area contributed by atoms with Crippen molar-refractivity contribution in [2.45, 2.75) is 70.8 Å². The Balaban J connectivity index is 2.13. The Kier molecular flexibility index (Phi) is 6.52. The molecule has 0 saturated heterocycles. The average Bonchev–Trinajstić information content (AvgIpc) is 2.38. The zero-order valence-corrected chi connectivity index (χ0v) is 12.9. The Labute approximate surface area is 123 Å². The molecule has 0 amide bonds. The third kappa shape index (κ3) is 4.59. The molecular weight excluding hydrogens is 246 g/mol. The minimum absolute atomic E-state index is 0.341. The number of allylic oxidation sites excluding steroid dienone is 2. The molecular formula is C18H29NO. The van der Waals surface area contributed by atoms with Gasteiger partial charge < -0.3 is 5.32 Å². The number of hydrogen-bond acceptors (Lipinski definition) is 2. The second-order valence-corrected chi connectivity index (χ2v) is 6.14. The number of carbonyl (C=O) groups is 1. The summed E-state index contributed by atoms with van der Waals surface area (Å²) in [6, 6.07) is 0.357. The van der Waals surface area contributed by atoms with Gasteiger partial charge in [-0.15, -0.1) is 0 Å². The van der Waals surface area contributed by atoms with Crippen LogP contribution in [0.4, 0.5) is 0 Å². The molecule has 2 unspecified atom stereocenters. The number of nitrogens with one attached hydrogen (secondary N) is 1. The minimum Gasteiger partial charge on any atom is -0.310 e. The van der Waals surface area contributed by atoms with Crippen LogP contribution in [0.15, 0.2) is 23.8 Å². The monoisotopic (exact) mass is 275 g/mol. The summed E-state index contributed by atoms with van der Waals surface area (Å²) in [5, 5.41) is 3.67. The number of carbonyl (C=O) groups excluding carboxylic acids is 1. The van der Waals surface area contributed by atoms with E-state index in [-0.39, 0.29) is 0 Å². The van der Waals surface area contributed by atoms with E-state index >= 15 is 0 Å². The van der Waals surface area contributed by atoms with Gasteiger partial charge in [-0.25, -0.2) is 0 Å². The second kappa shape index (κ2) is 8.41. The second-order valence-electron chi connectivity index (χ2n) is 6.14. The van der Waals surface area contributed by atoms with E-state index in [0.29, 0.717) is 24.2 Å². The van der Waals surface area contributed by atoms with Crippen LogP contribution in [0.2, 0.25) is 0 Å². The maximum atomic E-state index is 12.1. The molecule has 2 atom stereocenters. The topological polar surface area (TPSA) is 29.1 Å². The van der Waals surface area contributed by atoms with Crippen molar-refractivity contribution in [1.82, 2.24) is 5.32 Å². The van der Waals surface area contributed by atoms with Gasteiger partial charge in [0.15, 0.2) is 5.78 Å². The highest BCUT2D eigenvalue weighted by molar-refractivity contribution is 5.95. The van der Waals surface area contributed by atoms with E-state index < -0.39 is 0 Å². The number of rotatable bonds is 3. The molecule has 0 aromatic carbocycles. The first-order valence-corrected chi connectivity index (χ1v) is 8.45. The summed E-state index contributed by atoms with van der Waals surface area (Å²) in [5.74, 6) is 0.904. The first kappa shape index (κ1) is 15.5. The third-order valence-electron chi connectivity index (χ3n) is 4.57. The lowest BCUT2D eigenvalue weighted by atomic mass is 9.87. The van der Waals surface area contributed by atoms with E-state index in [2.05, 4.69) is 23.5 Å². The predicted molar refractivity (Wildman–Crippen MR) is 84.7 cm³/mol. The van der Waals surface area contributed by atoms with Crippen LogP contribution in [-0.4, -0.2) is 18.4 Å². The lowest BCUT2D eigenvalue weighted by Crippen LogP contribution is -2.36. The van der Waals surface area contributed by atoms with E-state index in [4.69, 9.17) is 0 Å². The van der Waals surface area contributed by atoms with Gasteiger partial charge in [-0.2, -0.15) is 0 Å². The van der Waals surface area contributed by atoms with Gasteiger partial charge >= 0.3 is 0 Å². The number of ketones is 1. The van der Waals surface area contributed by atoms with E-state index in [9.17, 15) is 4.79 Å². The van der Waals surface area contributed by atoms with Crippen molar-refractivity contribution in [3.8, 4) is 0 Å². The van der Waals surface area contributed by atoms with Crippen LogP contribution >= 0.6 is 0 Å². The summed E-state index contributed by atoms with van der Waals surface area (Å²) >= 11 is 0. The molecule has 20 heavy (non-hydrogen) atoms. The normalized spacial score (nSPS) is 33.0. The van der Waals surface area contributed by atoms with Crippen LogP contribution in [0.25, 0.3) is 0 Å². The average molecular weight is 275 g/mol. The molecule has 1 aliphatic heterocycles. The van der Waals surface area contributed by atoms with Crippen LogP contribution in [0.1, 0.15) is 64.7 Å². The Bertz CT molecular complexity index is 370. The molecule has 0 spiro atoms. The van der Waals surface area contributed by atoms with Crippen molar-refractivity contribution < 1.29 is 4.79 Å². The first-order valence-electron chi connectivity index (χ1n) is 8.45. The molecule has 2 rings (SSSR count). The molecule has 1 aliphatic carbocycles. The van der Waals surface area contributed by atoms with Gasteiger partial charge in [0, 0.05) is 12.5 Å². The molecule has 0 aromatic rings. The molecule has 0 saturated carbocycles. The van der Waals surface area contributed by atoms with E-state index in [1.54, 1.807) is 0 Å². The van der Waals surface area contributed by atoms with Crippen molar-refractivity contribution in [2.75, 3.05) is 6.54 Å². The van der Waals surface area contributed by atoms with Crippen molar-refractivity contribution in [2.24, 2.45) is 5.92 Å². The molecule has 2 nitrogen and oxygen atoms in total. The van der Waals surface area contributed by atoms with Gasteiger partial charge in [-0.1, -0.05) is 38.0 Å². The highest BCUT2D eigenvalue weighted by Crippen LogP contribution is 2.24. The van der Waals surface area contributed by atoms with Crippen LogP contribution in [0.5, 0.6) is 0 Å². The molecule has 112 valence electrons. The molecule has 2 heteroatoms. The summed E-state index contributed by atoms with van der Waals surface area (Å²) in [6.07, 6.45) is 17.4. The van der Waals surface area contributed by atoms with Gasteiger partial charge in [0.05, 0.1) is 0 Å². The zero-order valence-electron chi connectivity index (χ0n) is 12.9. The standard InChI is InChI=1S/C18H29NO/c1-2-18(20)16-12-8-9-13-19-17(14-16)15-10-6-4-3-5-7-11-15/h6,10,14-15,17,19H,2-5,7-9,11-13H2,1H3/b10-6-,16-14+. The first-order chi connectivity index (χ1) is 9.81. The zero-order chi connectivity index (χ0) is 14.2. The summed E-state index contributed by atoms with van der Waals surface area (Å²) < 4.78 is 0. The lowest BCUT2D eigenvalue weighted by Gasteiger charge is -2.27. The largest absolute Gasteiger partial charge is 0.310 e. The van der Waals surface area contributed by atoms with Gasteiger partial charge in [0.2, 0.25) is 0 Å². The molecule has 0 aromatic heterocycles. The highest BCUT2D eigenvalue weighted by atomic mass is 16.1. The van der Waals surface area contributed by atoms with Crippen molar-refractivity contribution in [3.05, 3.63) is 23.8 Å². The fourth-order valence-electron chi connectivity index (χ4n) is 3.29. The molecule has 1 N–H and O–H groups in total. The maximum absolute atomic E-state index is 12.1. The van der Waals surface area contributed by atoms with Crippen molar-refractivity contribution in [1.29, 1.82) is 0 Å². The Morgan fingerprint density at radius 1 is 1.25 bits per heavy atom. The van der Waals surface area contributed by atoms with Gasteiger partial charge in [0.25, 0.3) is 0 Å². The van der Waals surface area contributed by atoms with Crippen molar-refractivity contribution in [3.63, 3.8) is 0 Å². The smallest absolute Gasteiger partial charge is 0.158 e. The van der Waals surface area contributed by atoms with Crippen molar-refractivity contribution >= 4 is 5.78 Å². The number of Topliss-reactive ketones (excluding diaryl/α,β-unsaturated/α-hetero) is 1. The molecule has 2 aliphatic rings. The van der Waals surface area contributed by atoms with E-state index in [0.717, 1.165) is 25.0 Å². The summed E-state index contributed by atoms with van der Waals surface area (Å²) in [5.41, 5.74) is 1.07. The van der Waals surface area contributed by atoms with E-state index in [1.807, 2.05) is 6.92 Å². The van der Waals surface area contributed by atoms with Crippen LogP contribution in [0, 0.1) is 5.92 Å². The van der Waals surface area contributed by atoms with Gasteiger partial charge in [0.1, 0.15) is 0 Å². The fraction of sp³-hybridized carbons (Fsp3) is 0.722. The minimum atomic E-state index is 0.341. The quantitative estimate of drug-likeness (QED) is 0.783. The van der Waals surface area contributed by atoms with Crippen LogP contribution in [-0.2, 0) is 4.79 Å². The maximum Gasteiger partial charge on any atom is 0.158 e. The van der Waals surface area contributed by atoms with Crippen LogP contribution < -0.4 is 5.32 Å². The number of hydrogen-bond donors (Lipinski definition) is 1. The molecule has 0 fully saturated rings. The Morgan fingerprint density at radius 3 is 3.00 bits per heavy atom. The summed E-state index contributed by atoms with van der Waals surface area (Å²) in [6.45, 7) is 3.05. The molecule has 1 heterocycles. The van der Waals surface area contributed by atoms with E-state index in [1.165, 1.54) is 38.5 Å². The Morgan fingerprint density at radius 2 is 2.15 bits per heavy atom. The van der Waals surface area contributed by atoms with Gasteiger partial charge in [-0.3, -0.25) is 4.79 Å². The summed E-state index contributed by atoms with van der Waals surface area (Å²) in [4.78, 5) is 12.1. The lowest BCUT2D eigenvalue weighted by molar-refractivity contribution is -0.115.